The molecule has 0 aliphatic carbocycles. The minimum absolute atomic E-state index is 0.0474. The molecule has 6 nitrogen and oxygen atoms in total. The summed E-state index contributed by atoms with van der Waals surface area (Å²) in [7, 11) is 3.05. The molecule has 1 heterocycles. The molecule has 2 amide bonds. The van der Waals surface area contributed by atoms with Crippen molar-refractivity contribution < 1.29 is 19.1 Å². The first kappa shape index (κ1) is 15.6. The maximum Gasteiger partial charge on any atom is 0.239 e. The van der Waals surface area contributed by atoms with Gasteiger partial charge in [0.15, 0.2) is 0 Å². The van der Waals surface area contributed by atoms with Crippen LogP contribution in [0.1, 0.15) is 6.42 Å². The highest BCUT2D eigenvalue weighted by Gasteiger charge is 2.31. The van der Waals surface area contributed by atoms with Crippen LogP contribution >= 0.6 is 24.0 Å². The largest absolute Gasteiger partial charge is 0.497 e. The van der Waals surface area contributed by atoms with Crippen molar-refractivity contribution in [2.45, 2.75) is 11.7 Å². The van der Waals surface area contributed by atoms with Crippen molar-refractivity contribution in [3.63, 3.8) is 0 Å². The summed E-state index contributed by atoms with van der Waals surface area (Å²) in [5.41, 5.74) is 0.522. The van der Waals surface area contributed by atoms with E-state index < -0.39 is 5.25 Å². The van der Waals surface area contributed by atoms with Crippen LogP contribution in [0.25, 0.3) is 0 Å². The topological polar surface area (TPSA) is 76.7 Å². The van der Waals surface area contributed by atoms with Crippen molar-refractivity contribution in [2.75, 3.05) is 19.5 Å². The van der Waals surface area contributed by atoms with E-state index in [4.69, 9.17) is 21.7 Å². The third kappa shape index (κ3) is 3.85. The smallest absolute Gasteiger partial charge is 0.239 e. The Kier molecular flexibility index (Phi) is 5.03. The number of rotatable bonds is 5. The van der Waals surface area contributed by atoms with Gasteiger partial charge in [0.2, 0.25) is 11.8 Å². The molecule has 0 aromatic heterocycles. The summed E-state index contributed by atoms with van der Waals surface area (Å²) < 4.78 is 10.7. The van der Waals surface area contributed by atoms with Crippen LogP contribution in [-0.4, -0.2) is 35.6 Å². The molecule has 0 saturated carbocycles. The van der Waals surface area contributed by atoms with E-state index in [0.717, 1.165) is 0 Å². The van der Waals surface area contributed by atoms with Crippen molar-refractivity contribution in [3.05, 3.63) is 18.2 Å². The second kappa shape index (κ2) is 6.77. The zero-order valence-corrected chi connectivity index (χ0v) is 13.1. The standard InChI is InChI=1S/C13H14N2O4S2/c1-18-7-3-4-8(9(5-7)19-2)14-11(16)6-10-12(17)15-13(20)21-10/h3-5,10H,6H2,1-2H3,(H,14,16)(H,15,17,20)/t10-/m1/s1. The summed E-state index contributed by atoms with van der Waals surface area (Å²) in [6.45, 7) is 0. The predicted octanol–water partition coefficient (Wildman–Crippen LogP) is 1.55. The van der Waals surface area contributed by atoms with Gasteiger partial charge in [-0.2, -0.15) is 0 Å². The summed E-state index contributed by atoms with van der Waals surface area (Å²) in [4.78, 5) is 23.5. The SMILES string of the molecule is COc1ccc(NC(=O)C[C@H]2SC(=S)NC2=O)c(OC)c1. The van der Waals surface area contributed by atoms with Crippen LogP contribution in [-0.2, 0) is 9.59 Å². The Balaban J connectivity index is 2.02. The number of amides is 2. The van der Waals surface area contributed by atoms with Gasteiger partial charge in [-0.1, -0.05) is 24.0 Å². The first-order chi connectivity index (χ1) is 10.0. The second-order valence-corrected chi connectivity index (χ2v) is 6.08. The van der Waals surface area contributed by atoms with Gasteiger partial charge >= 0.3 is 0 Å². The highest BCUT2D eigenvalue weighted by atomic mass is 32.2. The molecule has 0 radical (unpaired) electrons. The molecule has 1 aromatic carbocycles. The molecule has 1 atom stereocenters. The number of ether oxygens (including phenoxy) is 2. The van der Waals surface area contributed by atoms with Crippen LogP contribution in [0.15, 0.2) is 18.2 Å². The third-order valence-corrected chi connectivity index (χ3v) is 4.19. The first-order valence-corrected chi connectivity index (χ1v) is 7.35. The number of hydrogen-bond donors (Lipinski definition) is 2. The average Bonchev–Trinajstić information content (AvgIpc) is 2.77. The fourth-order valence-corrected chi connectivity index (χ4v) is 3.07. The lowest BCUT2D eigenvalue weighted by Crippen LogP contribution is -2.27. The maximum atomic E-state index is 12.0. The number of carbonyl (C=O) groups excluding carboxylic acids is 2. The van der Waals surface area contributed by atoms with E-state index >= 15 is 0 Å². The Morgan fingerprint density at radius 1 is 1.43 bits per heavy atom. The molecule has 0 unspecified atom stereocenters. The molecule has 1 saturated heterocycles. The van der Waals surface area contributed by atoms with E-state index in [1.54, 1.807) is 25.3 Å². The van der Waals surface area contributed by atoms with Crippen molar-refractivity contribution in [1.82, 2.24) is 5.32 Å². The molecule has 0 bridgehead atoms. The van der Waals surface area contributed by atoms with E-state index in [-0.39, 0.29) is 18.2 Å². The van der Waals surface area contributed by atoms with E-state index in [9.17, 15) is 9.59 Å². The Morgan fingerprint density at radius 2 is 2.19 bits per heavy atom. The van der Waals surface area contributed by atoms with Gasteiger partial charge in [-0.15, -0.1) is 0 Å². The molecule has 2 N–H and O–H groups in total. The lowest BCUT2D eigenvalue weighted by molar-refractivity contribution is -0.122. The average molecular weight is 326 g/mol. The highest BCUT2D eigenvalue weighted by Crippen LogP contribution is 2.30. The van der Waals surface area contributed by atoms with Gasteiger partial charge in [0.25, 0.3) is 0 Å². The number of thioether (sulfide) groups is 1. The summed E-state index contributed by atoms with van der Waals surface area (Å²) in [5.74, 6) is 0.598. The van der Waals surface area contributed by atoms with Crippen LogP contribution in [0.5, 0.6) is 11.5 Å². The molecule has 0 spiro atoms. The summed E-state index contributed by atoms with van der Waals surface area (Å²) in [6.07, 6.45) is 0.0474. The van der Waals surface area contributed by atoms with Crippen molar-refractivity contribution >= 4 is 45.8 Å². The number of nitrogens with one attached hydrogen (secondary N) is 2. The zero-order chi connectivity index (χ0) is 15.4. The molecular weight excluding hydrogens is 312 g/mol. The van der Waals surface area contributed by atoms with E-state index in [2.05, 4.69) is 10.6 Å². The molecule has 1 fully saturated rings. The summed E-state index contributed by atoms with van der Waals surface area (Å²) in [5, 5.41) is 4.74. The van der Waals surface area contributed by atoms with Crippen molar-refractivity contribution in [3.8, 4) is 11.5 Å². The Labute approximate surface area is 131 Å². The van der Waals surface area contributed by atoms with Crippen LogP contribution < -0.4 is 20.1 Å². The fourth-order valence-electron chi connectivity index (χ4n) is 1.80. The van der Waals surface area contributed by atoms with Gasteiger partial charge in [-0.3, -0.25) is 9.59 Å². The lowest BCUT2D eigenvalue weighted by Gasteiger charge is -2.12. The van der Waals surface area contributed by atoms with Crippen LogP contribution in [0.3, 0.4) is 0 Å². The number of thiocarbonyl (C=S) groups is 1. The highest BCUT2D eigenvalue weighted by molar-refractivity contribution is 8.24. The number of methoxy groups -OCH3 is 2. The minimum atomic E-state index is -0.484. The third-order valence-electron chi connectivity index (χ3n) is 2.82. The van der Waals surface area contributed by atoms with E-state index in [1.165, 1.54) is 18.9 Å². The molecule has 1 aliphatic rings. The second-order valence-electron chi connectivity index (χ2n) is 4.20. The van der Waals surface area contributed by atoms with Gasteiger partial charge in [0.1, 0.15) is 15.8 Å². The predicted molar refractivity (Wildman–Crippen MR) is 84.9 cm³/mol. The summed E-state index contributed by atoms with van der Waals surface area (Å²) in [6, 6.07) is 5.06. The lowest BCUT2D eigenvalue weighted by atomic mass is 10.2. The van der Waals surface area contributed by atoms with E-state index in [0.29, 0.717) is 21.5 Å². The number of anilines is 1. The Bertz CT molecular complexity index is 592. The molecule has 8 heteroatoms. The Hall–Kier alpha value is -1.80. The molecule has 21 heavy (non-hydrogen) atoms. The zero-order valence-electron chi connectivity index (χ0n) is 11.5. The molecule has 1 aromatic rings. The molecule has 112 valence electrons. The monoisotopic (exact) mass is 326 g/mol. The van der Waals surface area contributed by atoms with Gasteiger partial charge in [-0.25, -0.2) is 0 Å². The van der Waals surface area contributed by atoms with Crippen molar-refractivity contribution in [2.24, 2.45) is 0 Å². The van der Waals surface area contributed by atoms with Gasteiger partial charge in [0, 0.05) is 12.5 Å². The first-order valence-electron chi connectivity index (χ1n) is 6.07. The number of benzene rings is 1. The van der Waals surface area contributed by atoms with Gasteiger partial charge in [0.05, 0.1) is 25.2 Å². The quantitative estimate of drug-likeness (QED) is 0.800. The van der Waals surface area contributed by atoms with E-state index in [1.807, 2.05) is 0 Å². The fraction of sp³-hybridized carbons (Fsp3) is 0.308. The van der Waals surface area contributed by atoms with Crippen LogP contribution in [0.2, 0.25) is 0 Å². The summed E-state index contributed by atoms with van der Waals surface area (Å²) >= 11 is 6.08. The van der Waals surface area contributed by atoms with Crippen LogP contribution in [0, 0.1) is 0 Å². The maximum absolute atomic E-state index is 12.0. The Morgan fingerprint density at radius 3 is 2.76 bits per heavy atom. The van der Waals surface area contributed by atoms with Gasteiger partial charge in [-0.05, 0) is 12.1 Å². The van der Waals surface area contributed by atoms with Crippen molar-refractivity contribution in [1.29, 1.82) is 0 Å². The number of hydrogen-bond acceptors (Lipinski definition) is 6. The van der Waals surface area contributed by atoms with Crippen LogP contribution in [0.4, 0.5) is 5.69 Å². The normalized spacial score (nSPS) is 17.3. The minimum Gasteiger partial charge on any atom is -0.497 e. The molecular formula is C13H14N2O4S2. The molecule has 2 rings (SSSR count). The van der Waals surface area contributed by atoms with Gasteiger partial charge < -0.3 is 20.1 Å². The number of carbonyl (C=O) groups is 2. The molecule has 1 aliphatic heterocycles.